The van der Waals surface area contributed by atoms with Gasteiger partial charge < -0.3 is 19.5 Å². The number of thioether (sulfide) groups is 1. The van der Waals surface area contributed by atoms with Crippen molar-refractivity contribution in [3.63, 3.8) is 0 Å². The Morgan fingerprint density at radius 1 is 1.06 bits per heavy atom. The minimum atomic E-state index is -0.960. The lowest BCUT2D eigenvalue weighted by atomic mass is 10.1. The molecular formula is C22H23N3O6S. The molecule has 2 amide bonds. The molecule has 0 atom stereocenters. The highest BCUT2D eigenvalue weighted by Crippen LogP contribution is 2.29. The number of nitrogens with zero attached hydrogens (tertiary/aromatic N) is 2. The van der Waals surface area contributed by atoms with Gasteiger partial charge in [-0.1, -0.05) is 23.9 Å². The molecule has 0 saturated heterocycles. The Labute approximate surface area is 189 Å². The number of anilines is 1. The molecule has 2 aromatic carbocycles. The van der Waals surface area contributed by atoms with Crippen LogP contribution < -0.4 is 14.8 Å². The molecule has 1 N–H and O–H groups in total. The van der Waals surface area contributed by atoms with E-state index in [2.05, 4.69) is 15.2 Å². The lowest BCUT2D eigenvalue weighted by Crippen LogP contribution is -2.31. The average Bonchev–Trinajstić information content (AvgIpc) is 2.83. The van der Waals surface area contributed by atoms with Crippen LogP contribution in [0.1, 0.15) is 11.1 Å². The molecule has 0 aliphatic carbocycles. The Kier molecular flexibility index (Phi) is 7.72. The standard InChI is InChI=1S/C22H23N3O6S/c1-29-18-9-6-15(12-19(18)30-2)17-13-32-22(28)25(24-17)11-10-14-4-7-16(8-5-14)23-20(26)21(27)31-3/h4-9,12H,10-11,13H2,1-3H3,(H,23,26). The monoisotopic (exact) mass is 457 g/mol. The van der Waals surface area contributed by atoms with Crippen molar-refractivity contribution < 1.29 is 28.6 Å². The number of ether oxygens (including phenoxy) is 3. The largest absolute Gasteiger partial charge is 0.493 e. The second-order valence-corrected chi connectivity index (χ2v) is 7.61. The molecule has 0 saturated carbocycles. The summed E-state index contributed by atoms with van der Waals surface area (Å²) in [6.07, 6.45) is 0.570. The van der Waals surface area contributed by atoms with E-state index in [9.17, 15) is 14.4 Å². The first-order valence-corrected chi connectivity index (χ1v) is 10.7. The van der Waals surface area contributed by atoms with E-state index in [0.29, 0.717) is 35.9 Å². The van der Waals surface area contributed by atoms with Gasteiger partial charge in [0, 0.05) is 23.5 Å². The number of carbonyl (C=O) groups excluding carboxylic acids is 3. The van der Waals surface area contributed by atoms with Crippen molar-refractivity contribution in [3.05, 3.63) is 53.6 Å². The van der Waals surface area contributed by atoms with Gasteiger partial charge in [-0.2, -0.15) is 5.10 Å². The number of carbonyl (C=O) groups is 3. The van der Waals surface area contributed by atoms with Gasteiger partial charge in [-0.3, -0.25) is 9.59 Å². The predicted octanol–water partition coefficient (Wildman–Crippen LogP) is 2.93. The highest BCUT2D eigenvalue weighted by molar-refractivity contribution is 8.14. The van der Waals surface area contributed by atoms with Crippen molar-refractivity contribution in [2.75, 3.05) is 38.9 Å². The molecule has 3 rings (SSSR count). The minimum Gasteiger partial charge on any atom is -0.493 e. The second-order valence-electron chi connectivity index (χ2n) is 6.69. The Bertz CT molecular complexity index is 1040. The maximum absolute atomic E-state index is 12.3. The lowest BCUT2D eigenvalue weighted by molar-refractivity contribution is -0.150. The fourth-order valence-electron chi connectivity index (χ4n) is 2.98. The number of hydrogen-bond donors (Lipinski definition) is 1. The number of methoxy groups -OCH3 is 3. The van der Waals surface area contributed by atoms with Crippen molar-refractivity contribution in [1.29, 1.82) is 0 Å². The van der Waals surface area contributed by atoms with Crippen LogP contribution >= 0.6 is 11.8 Å². The maximum atomic E-state index is 12.3. The number of hydrazone groups is 1. The zero-order valence-electron chi connectivity index (χ0n) is 17.9. The molecule has 2 aromatic rings. The van der Waals surface area contributed by atoms with Gasteiger partial charge in [0.05, 0.1) is 27.0 Å². The smallest absolute Gasteiger partial charge is 0.396 e. The topological polar surface area (TPSA) is 107 Å². The molecule has 32 heavy (non-hydrogen) atoms. The van der Waals surface area contributed by atoms with Gasteiger partial charge in [-0.05, 0) is 42.3 Å². The van der Waals surface area contributed by atoms with Crippen molar-refractivity contribution in [1.82, 2.24) is 5.01 Å². The number of amides is 2. The van der Waals surface area contributed by atoms with E-state index >= 15 is 0 Å². The summed E-state index contributed by atoms with van der Waals surface area (Å²) in [5.74, 6) is -0.106. The first-order valence-electron chi connectivity index (χ1n) is 9.67. The van der Waals surface area contributed by atoms with Crippen LogP contribution in [0.25, 0.3) is 0 Å². The summed E-state index contributed by atoms with van der Waals surface area (Å²) in [5, 5.41) is 8.33. The number of hydrogen-bond acceptors (Lipinski definition) is 8. The van der Waals surface area contributed by atoms with Gasteiger partial charge in [-0.25, -0.2) is 9.80 Å². The molecule has 0 fully saturated rings. The van der Waals surface area contributed by atoms with Crippen molar-refractivity contribution >= 4 is 40.3 Å². The predicted molar refractivity (Wildman–Crippen MR) is 121 cm³/mol. The zero-order valence-corrected chi connectivity index (χ0v) is 18.7. The van der Waals surface area contributed by atoms with Crippen LogP contribution in [0.5, 0.6) is 11.5 Å². The quantitative estimate of drug-likeness (QED) is 0.503. The molecule has 0 bridgehead atoms. The van der Waals surface area contributed by atoms with E-state index in [4.69, 9.17) is 9.47 Å². The molecule has 9 nitrogen and oxygen atoms in total. The van der Waals surface area contributed by atoms with Crippen LogP contribution in [-0.2, 0) is 20.7 Å². The Balaban J connectivity index is 1.66. The number of nitrogens with one attached hydrogen (secondary N) is 1. The van der Waals surface area contributed by atoms with Crippen LogP contribution in [-0.4, -0.2) is 61.5 Å². The Morgan fingerprint density at radius 2 is 1.78 bits per heavy atom. The second kappa shape index (κ2) is 10.7. The van der Waals surface area contributed by atoms with Gasteiger partial charge in [0.25, 0.3) is 0 Å². The summed E-state index contributed by atoms with van der Waals surface area (Å²) in [7, 11) is 4.29. The van der Waals surface area contributed by atoms with Gasteiger partial charge in [0.15, 0.2) is 11.5 Å². The summed E-state index contributed by atoms with van der Waals surface area (Å²) < 4.78 is 15.0. The summed E-state index contributed by atoms with van der Waals surface area (Å²) >= 11 is 1.19. The first-order chi connectivity index (χ1) is 15.4. The molecule has 1 aliphatic heterocycles. The normalized spacial score (nSPS) is 13.3. The number of benzene rings is 2. The third-order valence-electron chi connectivity index (χ3n) is 4.70. The fourth-order valence-corrected chi connectivity index (χ4v) is 3.75. The highest BCUT2D eigenvalue weighted by atomic mass is 32.2. The van der Waals surface area contributed by atoms with E-state index in [0.717, 1.165) is 23.9 Å². The molecule has 10 heteroatoms. The Morgan fingerprint density at radius 3 is 2.44 bits per heavy atom. The first kappa shape index (κ1) is 23.1. The molecule has 0 spiro atoms. The molecular weight excluding hydrogens is 434 g/mol. The van der Waals surface area contributed by atoms with E-state index in [-0.39, 0.29) is 5.24 Å². The lowest BCUT2D eigenvalue weighted by Gasteiger charge is -2.23. The highest BCUT2D eigenvalue weighted by Gasteiger charge is 2.23. The van der Waals surface area contributed by atoms with Crippen LogP contribution in [0.15, 0.2) is 47.6 Å². The van der Waals surface area contributed by atoms with Gasteiger partial charge in [0.2, 0.25) is 0 Å². The van der Waals surface area contributed by atoms with Crippen molar-refractivity contribution in [2.24, 2.45) is 5.10 Å². The van der Waals surface area contributed by atoms with Gasteiger partial charge >= 0.3 is 17.1 Å². The Hall–Kier alpha value is -3.53. The maximum Gasteiger partial charge on any atom is 0.396 e. The van der Waals surface area contributed by atoms with Gasteiger partial charge in [0.1, 0.15) is 0 Å². The summed E-state index contributed by atoms with van der Waals surface area (Å²) in [4.78, 5) is 35.1. The summed E-state index contributed by atoms with van der Waals surface area (Å²) in [6, 6.07) is 12.5. The molecule has 168 valence electrons. The molecule has 1 heterocycles. The van der Waals surface area contributed by atoms with Crippen molar-refractivity contribution in [2.45, 2.75) is 6.42 Å². The van der Waals surface area contributed by atoms with Crippen LogP contribution in [0, 0.1) is 0 Å². The van der Waals surface area contributed by atoms with E-state index in [1.165, 1.54) is 16.8 Å². The third-order valence-corrected chi connectivity index (χ3v) is 5.57. The van der Waals surface area contributed by atoms with E-state index in [1.807, 2.05) is 30.3 Å². The summed E-state index contributed by atoms with van der Waals surface area (Å²) in [6.45, 7) is 0.399. The summed E-state index contributed by atoms with van der Waals surface area (Å²) in [5.41, 5.74) is 3.06. The number of esters is 1. The van der Waals surface area contributed by atoms with Crippen LogP contribution in [0.4, 0.5) is 10.5 Å². The van der Waals surface area contributed by atoms with Gasteiger partial charge in [-0.15, -0.1) is 0 Å². The molecule has 0 aromatic heterocycles. The fraction of sp³-hybridized carbons (Fsp3) is 0.273. The van der Waals surface area contributed by atoms with E-state index < -0.39 is 11.9 Å². The van der Waals surface area contributed by atoms with Crippen LogP contribution in [0.3, 0.4) is 0 Å². The van der Waals surface area contributed by atoms with Crippen molar-refractivity contribution in [3.8, 4) is 11.5 Å². The number of rotatable bonds is 7. The molecule has 0 radical (unpaired) electrons. The molecule has 0 unspecified atom stereocenters. The van der Waals surface area contributed by atoms with E-state index in [1.54, 1.807) is 26.4 Å². The zero-order chi connectivity index (χ0) is 23.1. The average molecular weight is 458 g/mol. The SMILES string of the molecule is COC(=O)C(=O)Nc1ccc(CCN2N=C(c3ccc(OC)c(OC)c3)CSC2=O)cc1. The minimum absolute atomic E-state index is 0.115. The third kappa shape index (κ3) is 5.58. The molecule has 1 aliphatic rings. The van der Waals surface area contributed by atoms with Crippen LogP contribution in [0.2, 0.25) is 0 Å².